The van der Waals surface area contributed by atoms with E-state index in [2.05, 4.69) is 10.6 Å². The Morgan fingerprint density at radius 3 is 1.97 bits per heavy atom. The highest BCUT2D eigenvalue weighted by atomic mass is 16.5. The van der Waals surface area contributed by atoms with Gasteiger partial charge in [0.2, 0.25) is 0 Å². The highest BCUT2D eigenvalue weighted by molar-refractivity contribution is 6.04. The summed E-state index contributed by atoms with van der Waals surface area (Å²) < 4.78 is 5.37. The molecule has 4 rings (SSSR count). The van der Waals surface area contributed by atoms with E-state index in [0.717, 1.165) is 24.0 Å². The fourth-order valence-corrected chi connectivity index (χ4v) is 3.44. The molecule has 1 aliphatic rings. The molecule has 0 spiro atoms. The smallest absolute Gasteiger partial charge is 0.318 e. The first-order chi connectivity index (χ1) is 15.6. The normalized spacial score (nSPS) is 12.8. The van der Waals surface area contributed by atoms with Gasteiger partial charge in [0.25, 0.3) is 11.8 Å². The third kappa shape index (κ3) is 5.40. The lowest BCUT2D eigenvalue weighted by Crippen LogP contribution is -2.28. The number of hydrogen-bond donors (Lipinski definition) is 2. The molecular formula is C26H24N2O4. The van der Waals surface area contributed by atoms with Gasteiger partial charge in [0, 0.05) is 6.04 Å². The second-order valence-electron chi connectivity index (χ2n) is 7.70. The van der Waals surface area contributed by atoms with Crippen LogP contribution in [0.4, 0.5) is 5.69 Å². The number of amides is 2. The molecule has 0 aromatic heterocycles. The Labute approximate surface area is 186 Å². The van der Waals surface area contributed by atoms with Crippen molar-refractivity contribution in [2.24, 2.45) is 0 Å². The van der Waals surface area contributed by atoms with E-state index < -0.39 is 24.4 Å². The van der Waals surface area contributed by atoms with Gasteiger partial charge in [-0.15, -0.1) is 0 Å². The van der Waals surface area contributed by atoms with Crippen LogP contribution >= 0.6 is 0 Å². The largest absolute Gasteiger partial charge is 0.455 e. The van der Waals surface area contributed by atoms with Crippen molar-refractivity contribution in [3.63, 3.8) is 0 Å². The first-order valence-electron chi connectivity index (χ1n) is 10.6. The lowest BCUT2D eigenvalue weighted by Gasteiger charge is -2.17. The number of rotatable bonds is 8. The van der Waals surface area contributed by atoms with E-state index in [0.29, 0.717) is 11.3 Å². The number of carbonyl (C=O) groups excluding carboxylic acids is 3. The van der Waals surface area contributed by atoms with E-state index in [4.69, 9.17) is 4.74 Å². The van der Waals surface area contributed by atoms with Crippen molar-refractivity contribution in [2.45, 2.75) is 24.8 Å². The Morgan fingerprint density at radius 1 is 0.812 bits per heavy atom. The lowest BCUT2D eigenvalue weighted by atomic mass is 9.91. The average Bonchev–Trinajstić information content (AvgIpc) is 3.64. The summed E-state index contributed by atoms with van der Waals surface area (Å²) in [5.74, 6) is -1.89. The maximum absolute atomic E-state index is 12.9. The Bertz CT molecular complexity index is 1060. The molecule has 6 nitrogen and oxygen atoms in total. The molecule has 0 unspecified atom stereocenters. The Morgan fingerprint density at radius 2 is 1.38 bits per heavy atom. The molecule has 0 bridgehead atoms. The summed E-state index contributed by atoms with van der Waals surface area (Å²) in [6, 6.07) is 25.6. The first-order valence-corrected chi connectivity index (χ1v) is 10.6. The number of carbonyl (C=O) groups is 3. The zero-order chi connectivity index (χ0) is 22.3. The third-order valence-corrected chi connectivity index (χ3v) is 5.21. The molecule has 6 heteroatoms. The summed E-state index contributed by atoms with van der Waals surface area (Å²) in [6.45, 7) is -0.451. The molecule has 32 heavy (non-hydrogen) atoms. The van der Waals surface area contributed by atoms with Crippen molar-refractivity contribution in [1.29, 1.82) is 0 Å². The maximum Gasteiger partial charge on any atom is 0.318 e. The van der Waals surface area contributed by atoms with Gasteiger partial charge < -0.3 is 15.4 Å². The quantitative estimate of drug-likeness (QED) is 0.533. The van der Waals surface area contributed by atoms with E-state index in [1.165, 1.54) is 0 Å². The molecule has 0 aliphatic heterocycles. The molecule has 3 aromatic rings. The average molecular weight is 428 g/mol. The van der Waals surface area contributed by atoms with Gasteiger partial charge in [0.15, 0.2) is 6.61 Å². The van der Waals surface area contributed by atoms with E-state index in [1.54, 1.807) is 24.3 Å². The molecule has 1 fully saturated rings. The summed E-state index contributed by atoms with van der Waals surface area (Å²) in [6.07, 6.45) is 1.94. The van der Waals surface area contributed by atoms with Crippen molar-refractivity contribution < 1.29 is 19.1 Å². The minimum atomic E-state index is -0.637. The summed E-state index contributed by atoms with van der Waals surface area (Å²) >= 11 is 0. The van der Waals surface area contributed by atoms with Crippen LogP contribution in [0.15, 0.2) is 84.9 Å². The molecule has 162 valence electrons. The van der Waals surface area contributed by atoms with Crippen LogP contribution in [-0.2, 0) is 14.3 Å². The van der Waals surface area contributed by atoms with Gasteiger partial charge >= 0.3 is 5.97 Å². The molecule has 0 saturated heterocycles. The predicted molar refractivity (Wildman–Crippen MR) is 121 cm³/mol. The molecule has 0 radical (unpaired) electrons. The van der Waals surface area contributed by atoms with Crippen LogP contribution < -0.4 is 10.6 Å². The molecule has 3 aromatic carbocycles. The molecule has 1 aliphatic carbocycles. The number of benzene rings is 3. The number of anilines is 1. The number of para-hydroxylation sites is 1. The van der Waals surface area contributed by atoms with Gasteiger partial charge in [-0.3, -0.25) is 14.4 Å². The minimum Gasteiger partial charge on any atom is -0.455 e. The monoisotopic (exact) mass is 428 g/mol. The SMILES string of the molecule is O=C(COC(=O)C(c1ccccc1)c1ccccc1)Nc1ccccc1C(=O)NC1CC1. The summed E-state index contributed by atoms with van der Waals surface area (Å²) in [5.41, 5.74) is 2.33. The van der Waals surface area contributed by atoms with Crippen molar-refractivity contribution in [1.82, 2.24) is 5.32 Å². The standard InChI is InChI=1S/C26H24N2O4/c29-23(28-22-14-8-7-13-21(22)25(30)27-20-15-16-20)17-32-26(31)24(18-9-3-1-4-10-18)19-11-5-2-6-12-19/h1-14,20,24H,15-17H2,(H,27,30)(H,28,29). The van der Waals surface area contributed by atoms with Crippen LogP contribution in [0.25, 0.3) is 0 Å². The highest BCUT2D eigenvalue weighted by Gasteiger charge is 2.26. The van der Waals surface area contributed by atoms with E-state index in [1.807, 2.05) is 60.7 Å². The molecule has 2 N–H and O–H groups in total. The molecule has 0 atom stereocenters. The van der Waals surface area contributed by atoms with Crippen LogP contribution in [0.3, 0.4) is 0 Å². The van der Waals surface area contributed by atoms with E-state index in [9.17, 15) is 14.4 Å². The lowest BCUT2D eigenvalue weighted by molar-refractivity contribution is -0.147. The van der Waals surface area contributed by atoms with Crippen molar-refractivity contribution in [3.05, 3.63) is 102 Å². The fourth-order valence-electron chi connectivity index (χ4n) is 3.44. The van der Waals surface area contributed by atoms with Crippen molar-refractivity contribution >= 4 is 23.5 Å². The van der Waals surface area contributed by atoms with E-state index in [-0.39, 0.29) is 11.9 Å². The van der Waals surface area contributed by atoms with Crippen LogP contribution in [-0.4, -0.2) is 30.4 Å². The van der Waals surface area contributed by atoms with Crippen molar-refractivity contribution in [3.8, 4) is 0 Å². The number of ether oxygens (including phenoxy) is 1. The van der Waals surface area contributed by atoms with Gasteiger partial charge in [0.1, 0.15) is 5.92 Å². The third-order valence-electron chi connectivity index (χ3n) is 5.21. The molecule has 2 amide bonds. The van der Waals surface area contributed by atoms with Gasteiger partial charge in [-0.05, 0) is 36.1 Å². The minimum absolute atomic E-state index is 0.208. The zero-order valence-electron chi connectivity index (χ0n) is 17.5. The van der Waals surface area contributed by atoms with E-state index >= 15 is 0 Å². The zero-order valence-corrected chi connectivity index (χ0v) is 17.5. The van der Waals surface area contributed by atoms with Crippen LogP contribution in [0.2, 0.25) is 0 Å². The predicted octanol–water partition coefficient (Wildman–Crippen LogP) is 3.89. The number of esters is 1. The van der Waals surface area contributed by atoms with Gasteiger partial charge in [-0.1, -0.05) is 72.8 Å². The topological polar surface area (TPSA) is 84.5 Å². The summed E-state index contributed by atoms with van der Waals surface area (Å²) in [7, 11) is 0. The molecular weight excluding hydrogens is 404 g/mol. The highest BCUT2D eigenvalue weighted by Crippen LogP contribution is 2.26. The first kappa shape index (κ1) is 21.3. The Balaban J connectivity index is 1.42. The van der Waals surface area contributed by atoms with Crippen LogP contribution in [0.1, 0.15) is 40.2 Å². The second kappa shape index (κ2) is 9.92. The summed E-state index contributed by atoms with van der Waals surface area (Å²) in [4.78, 5) is 37.9. The second-order valence-corrected chi connectivity index (χ2v) is 7.70. The Kier molecular flexibility index (Phi) is 6.60. The number of hydrogen-bond acceptors (Lipinski definition) is 4. The van der Waals surface area contributed by atoms with Gasteiger partial charge in [-0.2, -0.15) is 0 Å². The molecule has 1 saturated carbocycles. The Hall–Kier alpha value is -3.93. The maximum atomic E-state index is 12.9. The van der Waals surface area contributed by atoms with Crippen LogP contribution in [0.5, 0.6) is 0 Å². The fraction of sp³-hybridized carbons (Fsp3) is 0.192. The van der Waals surface area contributed by atoms with Crippen molar-refractivity contribution in [2.75, 3.05) is 11.9 Å². The molecule has 0 heterocycles. The van der Waals surface area contributed by atoms with Gasteiger partial charge in [0.05, 0.1) is 11.3 Å². The van der Waals surface area contributed by atoms with Crippen LogP contribution in [0, 0.1) is 0 Å². The number of nitrogens with one attached hydrogen (secondary N) is 2. The van der Waals surface area contributed by atoms with Gasteiger partial charge in [-0.25, -0.2) is 0 Å². The summed E-state index contributed by atoms with van der Waals surface area (Å²) in [5, 5.41) is 5.59.